The van der Waals surface area contributed by atoms with E-state index in [0.29, 0.717) is 0 Å². The van der Waals surface area contributed by atoms with Crippen LogP contribution in [0, 0.1) is 0 Å². The van der Waals surface area contributed by atoms with Gasteiger partial charge in [-0.1, -0.05) is 24.3 Å². The average Bonchev–Trinajstić information content (AvgIpc) is 2.03. The van der Waals surface area contributed by atoms with Gasteiger partial charge in [0.25, 0.3) is 0 Å². The summed E-state index contributed by atoms with van der Waals surface area (Å²) in [7, 11) is -2.87. The summed E-state index contributed by atoms with van der Waals surface area (Å²) in [5.74, 6) is 0. The summed E-state index contributed by atoms with van der Waals surface area (Å²) in [4.78, 5) is 14.2. The molecule has 0 aliphatic rings. The van der Waals surface area contributed by atoms with Gasteiger partial charge in [0.05, 0.1) is 0 Å². The van der Waals surface area contributed by atoms with Crippen molar-refractivity contribution in [1.82, 2.24) is 0 Å². The zero-order chi connectivity index (χ0) is 10.4. The number of allylic oxidation sites excluding steroid dienone is 4. The minimum Gasteiger partial charge on any atom is -0.134 e. The summed E-state index contributed by atoms with van der Waals surface area (Å²) >= 11 is 0. The average molecular weight is 193 g/mol. The summed E-state index contributed by atoms with van der Waals surface area (Å²) in [5, 5.41) is 0. The lowest BCUT2D eigenvalue weighted by molar-refractivity contribution is 0.405. The molecule has 0 radical (unpaired) electrons. The molecule has 0 atom stereocenters. The van der Waals surface area contributed by atoms with Gasteiger partial charge in [0, 0.05) is 4.57 Å². The van der Waals surface area contributed by atoms with Gasteiger partial charge in [-0.05, 0) is 27.7 Å². The van der Waals surface area contributed by atoms with Gasteiger partial charge in [-0.25, -0.2) is 0 Å². The highest BCUT2D eigenvalue weighted by molar-refractivity contribution is 7.30. The predicted molar refractivity (Wildman–Crippen MR) is 53.0 cm³/mol. The summed E-state index contributed by atoms with van der Waals surface area (Å²) in [5.41, 5.74) is 0. The van der Waals surface area contributed by atoms with Crippen molar-refractivity contribution in [2.45, 2.75) is 27.7 Å². The van der Waals surface area contributed by atoms with Gasteiger partial charge in [0.1, 0.15) is 0 Å². The molecule has 0 aromatic heterocycles. The summed E-state index contributed by atoms with van der Waals surface area (Å²) < 4.78 is 8.70. The molecule has 0 unspecified atom stereocenters. The van der Waals surface area contributed by atoms with Crippen LogP contribution in [0.3, 0.4) is 0 Å². The fourth-order valence-electron chi connectivity index (χ4n) is 0. The van der Waals surface area contributed by atoms with E-state index >= 15 is 0 Å². The third-order valence-corrected chi connectivity index (χ3v) is 0.667. The van der Waals surface area contributed by atoms with Crippen molar-refractivity contribution in [3.63, 3.8) is 0 Å². The Morgan fingerprint density at radius 3 is 0.917 bits per heavy atom. The second-order valence-electron chi connectivity index (χ2n) is 1.59. The zero-order valence-corrected chi connectivity index (χ0v) is 8.95. The van der Waals surface area contributed by atoms with Crippen LogP contribution in [0.4, 0.5) is 0 Å². The van der Waals surface area contributed by atoms with E-state index in [1.807, 2.05) is 52.0 Å². The van der Waals surface area contributed by atoms with Crippen molar-refractivity contribution in [1.29, 1.82) is 0 Å². The van der Waals surface area contributed by atoms with E-state index in [1.165, 1.54) is 0 Å². The van der Waals surface area contributed by atoms with Crippen molar-refractivity contribution in [3.8, 4) is 0 Å². The van der Waals surface area contributed by atoms with Crippen molar-refractivity contribution in [3.05, 3.63) is 24.3 Å². The molecule has 0 amide bonds. The highest BCUT2D eigenvalue weighted by atomic mass is 31.1. The maximum Gasteiger partial charge on any atom is 0.692 e. The standard InChI is InChI=1S/2C4H8.HO3P/c2*1-3-4-2;1-4(2)3/h2*3-4H,1-2H3;(H-,1,2,3)/p+1. The third-order valence-electron chi connectivity index (χ3n) is 0.667. The summed E-state index contributed by atoms with van der Waals surface area (Å²) in [6.07, 6.45) is 8.00. The first-order chi connectivity index (χ1) is 5.56. The van der Waals surface area contributed by atoms with Crippen LogP contribution >= 0.6 is 8.25 Å². The molecule has 0 saturated heterocycles. The van der Waals surface area contributed by atoms with Crippen LogP contribution in [0.15, 0.2) is 24.3 Å². The van der Waals surface area contributed by atoms with E-state index in [9.17, 15) is 0 Å². The Hall–Kier alpha value is -0.500. The topological polar surface area (TPSA) is 57.5 Å². The van der Waals surface area contributed by atoms with Crippen LogP contribution in [0.25, 0.3) is 0 Å². The molecule has 0 heterocycles. The zero-order valence-electron chi connectivity index (χ0n) is 8.06. The Morgan fingerprint density at radius 2 is 0.917 bits per heavy atom. The largest absolute Gasteiger partial charge is 0.692 e. The molecule has 0 bridgehead atoms. The predicted octanol–water partition coefficient (Wildman–Crippen LogP) is 2.79. The lowest BCUT2D eigenvalue weighted by Gasteiger charge is -1.49. The van der Waals surface area contributed by atoms with Crippen molar-refractivity contribution >= 4 is 8.25 Å². The van der Waals surface area contributed by atoms with Crippen LogP contribution in [-0.4, -0.2) is 9.79 Å². The minimum atomic E-state index is -2.87. The number of hydrogen-bond donors (Lipinski definition) is 2. The maximum atomic E-state index is 8.70. The molecule has 72 valence electrons. The SMILES string of the molecule is CC=CC.CC=CC.O=[P+](O)O. The molecular formula is C8H18O3P+. The molecule has 3 nitrogen and oxygen atoms in total. The lowest BCUT2D eigenvalue weighted by Crippen LogP contribution is -1.38. The second kappa shape index (κ2) is 22.4. The molecule has 12 heavy (non-hydrogen) atoms. The molecule has 0 rings (SSSR count). The smallest absolute Gasteiger partial charge is 0.134 e. The van der Waals surface area contributed by atoms with Gasteiger partial charge in [-0.3, -0.25) is 0 Å². The quantitative estimate of drug-likeness (QED) is 0.459. The fraction of sp³-hybridized carbons (Fsp3) is 0.500. The number of hydrogen-bond acceptors (Lipinski definition) is 1. The van der Waals surface area contributed by atoms with E-state index in [4.69, 9.17) is 14.4 Å². The molecule has 0 aromatic rings. The molecule has 0 aromatic carbocycles. The van der Waals surface area contributed by atoms with Crippen LogP contribution < -0.4 is 0 Å². The van der Waals surface area contributed by atoms with Gasteiger partial charge >= 0.3 is 8.25 Å². The van der Waals surface area contributed by atoms with Crippen LogP contribution in [-0.2, 0) is 4.57 Å². The highest BCUT2D eigenvalue weighted by Gasteiger charge is 1.93. The molecule has 0 spiro atoms. The van der Waals surface area contributed by atoms with Crippen molar-refractivity contribution < 1.29 is 14.4 Å². The molecule has 0 aliphatic carbocycles. The highest BCUT2D eigenvalue weighted by Crippen LogP contribution is 1.98. The third kappa shape index (κ3) is 305. The van der Waals surface area contributed by atoms with E-state index in [1.54, 1.807) is 0 Å². The van der Waals surface area contributed by atoms with Crippen molar-refractivity contribution in [2.75, 3.05) is 0 Å². The molecule has 4 heteroatoms. The van der Waals surface area contributed by atoms with Gasteiger partial charge in [0.15, 0.2) is 0 Å². The molecule has 0 aliphatic heterocycles. The van der Waals surface area contributed by atoms with Crippen LogP contribution in [0.2, 0.25) is 0 Å². The Balaban J connectivity index is -0.000000101. The first-order valence-electron chi connectivity index (χ1n) is 3.56. The molecule has 0 fully saturated rings. The number of rotatable bonds is 0. The Labute approximate surface area is 75.4 Å². The van der Waals surface area contributed by atoms with Gasteiger partial charge in [-0.2, -0.15) is 0 Å². The van der Waals surface area contributed by atoms with Crippen LogP contribution in [0.5, 0.6) is 0 Å². The van der Waals surface area contributed by atoms with E-state index in [-0.39, 0.29) is 0 Å². The fourth-order valence-corrected chi connectivity index (χ4v) is 0. The summed E-state index contributed by atoms with van der Waals surface area (Å²) in [6, 6.07) is 0. The summed E-state index contributed by atoms with van der Waals surface area (Å²) in [6.45, 7) is 8.00. The van der Waals surface area contributed by atoms with E-state index < -0.39 is 8.25 Å². The second-order valence-corrected chi connectivity index (χ2v) is 2.09. The van der Waals surface area contributed by atoms with E-state index in [2.05, 4.69) is 0 Å². The van der Waals surface area contributed by atoms with Gasteiger partial charge < -0.3 is 0 Å². The van der Waals surface area contributed by atoms with E-state index in [0.717, 1.165) is 0 Å². The first kappa shape index (κ1) is 17.5. The first-order valence-corrected chi connectivity index (χ1v) is 4.72. The van der Waals surface area contributed by atoms with Crippen LogP contribution in [0.1, 0.15) is 27.7 Å². The maximum absolute atomic E-state index is 8.70. The Kier molecular flexibility index (Phi) is 32.8. The van der Waals surface area contributed by atoms with Crippen molar-refractivity contribution in [2.24, 2.45) is 0 Å². The molecule has 0 saturated carbocycles. The Morgan fingerprint density at radius 1 is 0.833 bits per heavy atom. The Bertz CT molecular complexity index is 108. The normalized spacial score (nSPS) is 8.50. The minimum absolute atomic E-state index is 2.00. The lowest BCUT2D eigenvalue weighted by atomic mass is 10.6. The van der Waals surface area contributed by atoms with Gasteiger partial charge in [-0.15, -0.1) is 9.79 Å². The monoisotopic (exact) mass is 193 g/mol. The molecule has 2 N–H and O–H groups in total. The van der Waals surface area contributed by atoms with Gasteiger partial charge in [0.2, 0.25) is 0 Å². The molecular weight excluding hydrogens is 175 g/mol.